The Balaban J connectivity index is 1.81. The zero-order valence-electron chi connectivity index (χ0n) is 12.1. The van der Waals surface area contributed by atoms with Crippen LogP contribution in [0.15, 0.2) is 24.3 Å². The minimum absolute atomic E-state index is 0.0512. The summed E-state index contributed by atoms with van der Waals surface area (Å²) in [5.41, 5.74) is 1.80. The molecule has 1 heterocycles. The molecule has 1 amide bonds. The minimum atomic E-state index is -0.808. The van der Waals surface area contributed by atoms with Crippen LogP contribution in [0.5, 0.6) is 0 Å². The van der Waals surface area contributed by atoms with Crippen LogP contribution in [0.1, 0.15) is 12.0 Å². The van der Waals surface area contributed by atoms with Crippen molar-refractivity contribution in [2.24, 2.45) is 0 Å². The number of hydrogen-bond donors (Lipinski definition) is 2. The lowest BCUT2D eigenvalue weighted by molar-refractivity contribution is -0.133. The maximum absolute atomic E-state index is 12.1. The van der Waals surface area contributed by atoms with Gasteiger partial charge in [-0.1, -0.05) is 12.1 Å². The van der Waals surface area contributed by atoms with E-state index >= 15 is 0 Å². The van der Waals surface area contributed by atoms with Gasteiger partial charge in [0.1, 0.15) is 0 Å². The molecule has 120 valence electrons. The van der Waals surface area contributed by atoms with Gasteiger partial charge in [-0.2, -0.15) is 23.5 Å². The molecule has 1 aliphatic rings. The monoisotopic (exact) mass is 357 g/mol. The average molecular weight is 358 g/mol. The number of carboxylic acids is 1. The fourth-order valence-electron chi connectivity index (χ4n) is 2.07. The summed E-state index contributed by atoms with van der Waals surface area (Å²) in [7, 11) is 0. The number of hydrogen-bond acceptors (Lipinski definition) is 5. The average Bonchev–Trinajstić information content (AvgIpc) is 2.48. The standard InChI is InChI=1S/C15H19NO3S3/c17-14(7-13-9-20-4-5-22-13)16-12-3-1-2-11(6-12)8-21-10-15(18)19/h1-3,6,13H,4-5,7-10H2,(H,16,17)(H,18,19). The summed E-state index contributed by atoms with van der Waals surface area (Å²) < 4.78 is 0. The van der Waals surface area contributed by atoms with Crippen LogP contribution in [-0.4, -0.2) is 45.2 Å². The Morgan fingerprint density at radius 1 is 1.36 bits per heavy atom. The van der Waals surface area contributed by atoms with Crippen LogP contribution in [0.25, 0.3) is 0 Å². The lowest BCUT2D eigenvalue weighted by Crippen LogP contribution is -2.22. The van der Waals surface area contributed by atoms with Crippen LogP contribution in [0.3, 0.4) is 0 Å². The Morgan fingerprint density at radius 3 is 2.95 bits per heavy atom. The second kappa shape index (κ2) is 9.37. The van der Waals surface area contributed by atoms with E-state index in [1.165, 1.54) is 17.5 Å². The van der Waals surface area contributed by atoms with Crippen molar-refractivity contribution in [1.29, 1.82) is 0 Å². The van der Waals surface area contributed by atoms with E-state index in [2.05, 4.69) is 5.32 Å². The lowest BCUT2D eigenvalue weighted by Gasteiger charge is -2.20. The van der Waals surface area contributed by atoms with Gasteiger partial charge in [0.2, 0.25) is 5.91 Å². The smallest absolute Gasteiger partial charge is 0.313 e. The van der Waals surface area contributed by atoms with E-state index in [0.717, 1.165) is 22.8 Å². The number of carboxylic acid groups (broad SMARTS) is 1. The largest absolute Gasteiger partial charge is 0.481 e. The number of anilines is 1. The number of aliphatic carboxylic acids is 1. The zero-order valence-corrected chi connectivity index (χ0v) is 14.6. The van der Waals surface area contributed by atoms with Crippen molar-refractivity contribution >= 4 is 52.8 Å². The van der Waals surface area contributed by atoms with Gasteiger partial charge in [0.25, 0.3) is 0 Å². The highest BCUT2D eigenvalue weighted by atomic mass is 32.2. The molecular weight excluding hydrogens is 338 g/mol. The first-order valence-electron chi connectivity index (χ1n) is 7.01. The number of rotatable bonds is 7. The van der Waals surface area contributed by atoms with Crippen molar-refractivity contribution < 1.29 is 14.7 Å². The van der Waals surface area contributed by atoms with Gasteiger partial charge in [-0.3, -0.25) is 9.59 Å². The number of benzene rings is 1. The van der Waals surface area contributed by atoms with E-state index in [0.29, 0.717) is 17.4 Å². The highest BCUT2D eigenvalue weighted by Gasteiger charge is 2.17. The molecule has 0 spiro atoms. The normalized spacial score (nSPS) is 17.9. The maximum atomic E-state index is 12.1. The molecule has 7 heteroatoms. The number of nitrogens with one attached hydrogen (secondary N) is 1. The van der Waals surface area contributed by atoms with Gasteiger partial charge in [0.15, 0.2) is 0 Å². The third-order valence-electron chi connectivity index (χ3n) is 3.00. The number of amides is 1. The van der Waals surface area contributed by atoms with E-state index in [1.807, 2.05) is 47.8 Å². The van der Waals surface area contributed by atoms with Gasteiger partial charge in [-0.15, -0.1) is 11.8 Å². The van der Waals surface area contributed by atoms with E-state index in [-0.39, 0.29) is 11.7 Å². The van der Waals surface area contributed by atoms with Crippen LogP contribution in [-0.2, 0) is 15.3 Å². The van der Waals surface area contributed by atoms with Crippen molar-refractivity contribution in [2.75, 3.05) is 28.3 Å². The molecule has 0 saturated carbocycles. The quantitative estimate of drug-likeness (QED) is 0.781. The molecule has 1 aliphatic heterocycles. The van der Waals surface area contributed by atoms with Crippen LogP contribution in [0, 0.1) is 0 Å². The molecule has 0 aromatic heterocycles. The minimum Gasteiger partial charge on any atom is -0.481 e. The summed E-state index contributed by atoms with van der Waals surface area (Å²) in [6, 6.07) is 7.61. The summed E-state index contributed by atoms with van der Waals surface area (Å²) in [4.78, 5) is 22.6. The van der Waals surface area contributed by atoms with Crippen LogP contribution in [0.4, 0.5) is 5.69 Å². The predicted octanol–water partition coefficient (Wildman–Crippen LogP) is 3.18. The number of carbonyl (C=O) groups is 2. The molecule has 22 heavy (non-hydrogen) atoms. The zero-order chi connectivity index (χ0) is 15.8. The molecule has 1 atom stereocenters. The first kappa shape index (κ1) is 17.6. The van der Waals surface area contributed by atoms with Crippen molar-refractivity contribution in [3.05, 3.63) is 29.8 Å². The molecule has 1 fully saturated rings. The van der Waals surface area contributed by atoms with E-state index in [1.54, 1.807) is 0 Å². The van der Waals surface area contributed by atoms with Gasteiger partial charge in [-0.05, 0) is 17.7 Å². The third-order valence-corrected chi connectivity index (χ3v) is 6.84. The van der Waals surface area contributed by atoms with Crippen LogP contribution in [0.2, 0.25) is 0 Å². The molecule has 1 saturated heterocycles. The Labute approximate surface area is 143 Å². The second-order valence-corrected chi connectivity index (χ2v) is 8.45. The molecular formula is C15H19NO3S3. The van der Waals surface area contributed by atoms with Gasteiger partial charge in [0.05, 0.1) is 5.75 Å². The predicted molar refractivity (Wildman–Crippen MR) is 97.1 cm³/mol. The Hall–Kier alpha value is -0.790. The topological polar surface area (TPSA) is 66.4 Å². The molecule has 4 nitrogen and oxygen atoms in total. The maximum Gasteiger partial charge on any atom is 0.313 e. The number of carbonyl (C=O) groups excluding carboxylic acids is 1. The highest BCUT2D eigenvalue weighted by Crippen LogP contribution is 2.26. The van der Waals surface area contributed by atoms with Crippen molar-refractivity contribution in [3.8, 4) is 0 Å². The fraction of sp³-hybridized carbons (Fsp3) is 0.467. The van der Waals surface area contributed by atoms with Gasteiger partial charge in [0, 0.05) is 40.4 Å². The summed E-state index contributed by atoms with van der Waals surface area (Å²) in [5, 5.41) is 12.0. The summed E-state index contributed by atoms with van der Waals surface area (Å²) >= 11 is 5.14. The Bertz CT molecular complexity index is 519. The SMILES string of the molecule is O=C(O)CSCc1cccc(NC(=O)CC2CSCCS2)c1. The molecule has 0 radical (unpaired) electrons. The first-order chi connectivity index (χ1) is 10.6. The Kier molecular flexibility index (Phi) is 7.48. The molecule has 1 aromatic rings. The van der Waals surface area contributed by atoms with Gasteiger partial charge < -0.3 is 10.4 Å². The fourth-order valence-corrected chi connectivity index (χ4v) is 5.44. The van der Waals surface area contributed by atoms with Gasteiger partial charge >= 0.3 is 5.97 Å². The third kappa shape index (κ3) is 6.54. The van der Waals surface area contributed by atoms with Crippen LogP contribution < -0.4 is 5.32 Å². The summed E-state index contributed by atoms with van der Waals surface area (Å²) in [6.45, 7) is 0. The van der Waals surface area contributed by atoms with E-state index in [4.69, 9.17) is 5.11 Å². The molecule has 0 aliphatic carbocycles. The van der Waals surface area contributed by atoms with E-state index in [9.17, 15) is 9.59 Å². The van der Waals surface area contributed by atoms with Crippen LogP contribution >= 0.6 is 35.3 Å². The number of thioether (sulfide) groups is 3. The molecule has 1 aromatic carbocycles. The highest BCUT2D eigenvalue weighted by molar-refractivity contribution is 8.06. The van der Waals surface area contributed by atoms with Crippen molar-refractivity contribution in [1.82, 2.24) is 0 Å². The molecule has 2 N–H and O–H groups in total. The second-order valence-electron chi connectivity index (χ2n) is 4.91. The summed E-state index contributed by atoms with van der Waals surface area (Å²) in [5.74, 6) is 3.31. The molecule has 2 rings (SSSR count). The van der Waals surface area contributed by atoms with Gasteiger partial charge in [-0.25, -0.2) is 0 Å². The first-order valence-corrected chi connectivity index (χ1v) is 10.4. The molecule has 0 bridgehead atoms. The van der Waals surface area contributed by atoms with Crippen molar-refractivity contribution in [3.63, 3.8) is 0 Å². The van der Waals surface area contributed by atoms with E-state index < -0.39 is 5.97 Å². The summed E-state index contributed by atoms with van der Waals surface area (Å²) in [6.07, 6.45) is 0.551. The Morgan fingerprint density at radius 2 is 2.23 bits per heavy atom. The lowest BCUT2D eigenvalue weighted by atomic mass is 10.2. The van der Waals surface area contributed by atoms with Crippen molar-refractivity contribution in [2.45, 2.75) is 17.4 Å². The molecule has 1 unspecified atom stereocenters.